The van der Waals surface area contributed by atoms with Crippen LogP contribution < -0.4 is 10.6 Å². The molecule has 0 aliphatic carbocycles. The minimum Gasteiger partial charge on any atom is -0.660 e. The molecular formula is C8H19Cl2F3N3Ti. The Bertz CT molecular complexity index is 86.7. The topological polar surface area (TPSA) is 38.2 Å². The summed E-state index contributed by atoms with van der Waals surface area (Å²) in [5.74, 6) is 0. The van der Waals surface area contributed by atoms with Crippen molar-refractivity contribution in [1.29, 1.82) is 0 Å². The predicted molar refractivity (Wildman–Crippen MR) is 66.3 cm³/mol. The van der Waals surface area contributed by atoms with E-state index in [1.807, 2.05) is 0 Å². The van der Waals surface area contributed by atoms with Crippen molar-refractivity contribution in [3.05, 3.63) is 19.4 Å². The second kappa shape index (κ2) is 25.7. The van der Waals surface area contributed by atoms with Crippen molar-refractivity contribution in [3.63, 3.8) is 0 Å². The van der Waals surface area contributed by atoms with E-state index >= 15 is 0 Å². The van der Waals surface area contributed by atoms with Gasteiger partial charge in [0.15, 0.2) is 6.68 Å². The van der Waals surface area contributed by atoms with Crippen molar-refractivity contribution in [2.24, 2.45) is 0 Å². The van der Waals surface area contributed by atoms with Gasteiger partial charge in [-0.05, 0) is 13.1 Å². The van der Waals surface area contributed by atoms with Crippen LogP contribution in [0.5, 0.6) is 0 Å². The number of nitrogens with one attached hydrogen (secondary N) is 2. The SMILES string of the molecule is C1CNCCNCC[N-]1.Cl.Cl.F[C-](F)F.[CH3-].[Ti+3]. The summed E-state index contributed by atoms with van der Waals surface area (Å²) in [4.78, 5) is 0. The maximum Gasteiger partial charge on any atom is 3.00 e. The van der Waals surface area contributed by atoms with Gasteiger partial charge in [0.2, 0.25) is 0 Å². The van der Waals surface area contributed by atoms with Crippen LogP contribution in [0.25, 0.3) is 5.32 Å². The minimum absolute atomic E-state index is 0. The Morgan fingerprint density at radius 3 is 1.41 bits per heavy atom. The van der Waals surface area contributed by atoms with Crippen LogP contribution in [0.2, 0.25) is 0 Å². The third-order valence-corrected chi connectivity index (χ3v) is 1.37. The Kier molecular flexibility index (Phi) is 46.5. The summed E-state index contributed by atoms with van der Waals surface area (Å²) in [7, 11) is 0. The monoisotopic (exact) mass is 332 g/mol. The van der Waals surface area contributed by atoms with Crippen molar-refractivity contribution in [2.45, 2.75) is 0 Å². The second-order valence-electron chi connectivity index (χ2n) is 2.39. The Morgan fingerprint density at radius 2 is 1.12 bits per heavy atom. The third-order valence-electron chi connectivity index (χ3n) is 1.37. The molecule has 0 aromatic carbocycles. The van der Waals surface area contributed by atoms with Gasteiger partial charge >= 0.3 is 21.7 Å². The van der Waals surface area contributed by atoms with Crippen LogP contribution in [0.4, 0.5) is 13.2 Å². The van der Waals surface area contributed by atoms with Crippen molar-refractivity contribution in [3.8, 4) is 0 Å². The molecule has 0 spiro atoms. The van der Waals surface area contributed by atoms with E-state index in [4.69, 9.17) is 0 Å². The molecule has 1 fully saturated rings. The Hall–Kier alpha value is 0.964. The van der Waals surface area contributed by atoms with Crippen LogP contribution in [0, 0.1) is 14.1 Å². The number of hydrogen-bond donors (Lipinski definition) is 2. The van der Waals surface area contributed by atoms with Gasteiger partial charge in [0.25, 0.3) is 0 Å². The van der Waals surface area contributed by atoms with Crippen LogP contribution in [-0.4, -0.2) is 39.3 Å². The summed E-state index contributed by atoms with van der Waals surface area (Å²) in [5.41, 5.74) is 0. The van der Waals surface area contributed by atoms with E-state index in [1.54, 1.807) is 0 Å². The first kappa shape index (κ1) is 30.8. The zero-order valence-corrected chi connectivity index (χ0v) is 12.8. The van der Waals surface area contributed by atoms with Crippen LogP contribution >= 0.6 is 24.8 Å². The fourth-order valence-electron chi connectivity index (χ4n) is 0.855. The largest absolute Gasteiger partial charge is 3.00 e. The van der Waals surface area contributed by atoms with E-state index in [-0.39, 0.29) is 54.0 Å². The molecule has 0 unspecified atom stereocenters. The van der Waals surface area contributed by atoms with Gasteiger partial charge in [0.1, 0.15) is 0 Å². The Morgan fingerprint density at radius 1 is 0.824 bits per heavy atom. The van der Waals surface area contributed by atoms with E-state index in [0.717, 1.165) is 39.3 Å². The number of halogens is 5. The van der Waals surface area contributed by atoms with Crippen LogP contribution in [0.1, 0.15) is 0 Å². The van der Waals surface area contributed by atoms with Crippen molar-refractivity contribution in [2.75, 3.05) is 39.3 Å². The van der Waals surface area contributed by atoms with Crippen molar-refractivity contribution >= 4 is 24.8 Å². The van der Waals surface area contributed by atoms with E-state index in [1.165, 1.54) is 0 Å². The molecule has 1 saturated heterocycles. The molecule has 9 heteroatoms. The number of nitrogens with zero attached hydrogens (tertiary/aromatic N) is 1. The molecule has 105 valence electrons. The molecule has 1 aliphatic heterocycles. The van der Waals surface area contributed by atoms with Gasteiger partial charge in [-0.25, -0.2) is 0 Å². The van der Waals surface area contributed by atoms with E-state index in [9.17, 15) is 13.2 Å². The summed E-state index contributed by atoms with van der Waals surface area (Å²) in [5, 5.41) is 10.8. The maximum atomic E-state index is 9.58. The molecule has 0 saturated carbocycles. The average Bonchev–Trinajstić information content (AvgIpc) is 2.16. The summed E-state index contributed by atoms with van der Waals surface area (Å²) < 4.78 is 28.8. The zero-order chi connectivity index (χ0) is 9.94. The molecule has 2 N–H and O–H groups in total. The van der Waals surface area contributed by atoms with Gasteiger partial charge < -0.3 is 36.5 Å². The first-order chi connectivity index (χ1) is 6.23. The predicted octanol–water partition coefficient (Wildman–Crippen LogP) is 2.19. The summed E-state index contributed by atoms with van der Waals surface area (Å²) in [6.07, 6.45) is 0. The molecule has 0 bridgehead atoms. The molecule has 1 radical (unpaired) electrons. The summed E-state index contributed by atoms with van der Waals surface area (Å²) in [6.45, 7) is 3.11. The average molecular weight is 333 g/mol. The maximum absolute atomic E-state index is 9.58. The molecule has 0 amide bonds. The van der Waals surface area contributed by atoms with Crippen LogP contribution in [0.3, 0.4) is 0 Å². The van der Waals surface area contributed by atoms with Gasteiger partial charge in [-0.2, -0.15) is 0 Å². The molecule has 0 aromatic rings. The molecule has 17 heavy (non-hydrogen) atoms. The molecule has 3 nitrogen and oxygen atoms in total. The van der Waals surface area contributed by atoms with E-state index in [2.05, 4.69) is 16.0 Å². The van der Waals surface area contributed by atoms with Crippen LogP contribution in [-0.2, 0) is 21.7 Å². The van der Waals surface area contributed by atoms with Gasteiger partial charge in [-0.3, -0.25) is 0 Å². The third kappa shape index (κ3) is 38.3. The summed E-state index contributed by atoms with van der Waals surface area (Å²) in [6, 6.07) is 0. The van der Waals surface area contributed by atoms with Crippen LogP contribution in [0.15, 0.2) is 0 Å². The first-order valence-electron chi connectivity index (χ1n) is 4.11. The number of rotatable bonds is 0. The fourth-order valence-corrected chi connectivity index (χ4v) is 0.855. The second-order valence-corrected chi connectivity index (χ2v) is 2.39. The summed E-state index contributed by atoms with van der Waals surface area (Å²) >= 11 is 0. The first-order valence-corrected chi connectivity index (χ1v) is 4.11. The Labute approximate surface area is 129 Å². The van der Waals surface area contributed by atoms with Crippen molar-refractivity contribution in [1.82, 2.24) is 10.6 Å². The minimum atomic E-state index is -3.08. The fraction of sp³-hybridized carbons (Fsp3) is 0.750. The van der Waals surface area contributed by atoms with Gasteiger partial charge in [-0.1, -0.05) is 0 Å². The number of hydrogen-bond acceptors (Lipinski definition) is 2. The Balaban J connectivity index is -0.0000000542. The molecule has 1 heterocycles. The normalized spacial score (nSPS) is 14.8. The standard InChI is InChI=1S/C6H14N3.CF3.CH3.2ClH.Ti/c1-2-8-5-6-9-4-3-7-1;2-1(3)4;;;;/h7-8H,1-6H2;;1H3;2*1H;/q3*-1;;;+3. The quantitative estimate of drug-likeness (QED) is 0.527. The molecule has 0 aromatic heterocycles. The van der Waals surface area contributed by atoms with Gasteiger partial charge in [0, 0.05) is 13.1 Å². The van der Waals surface area contributed by atoms with Gasteiger partial charge in [-0.15, -0.1) is 37.9 Å². The molecular weight excluding hydrogens is 314 g/mol. The zero-order valence-electron chi connectivity index (χ0n) is 9.64. The smallest absolute Gasteiger partial charge is 0.660 e. The van der Waals surface area contributed by atoms with E-state index < -0.39 is 6.68 Å². The van der Waals surface area contributed by atoms with Crippen molar-refractivity contribution < 1.29 is 34.9 Å². The van der Waals surface area contributed by atoms with E-state index in [0.29, 0.717) is 0 Å². The molecule has 1 aliphatic rings. The molecule has 1 rings (SSSR count). The molecule has 0 atom stereocenters. The van der Waals surface area contributed by atoms with Gasteiger partial charge in [0.05, 0.1) is 0 Å².